The normalized spacial score (nSPS) is 12.2. The first-order valence-electron chi connectivity index (χ1n) is 8.19. The van der Waals surface area contributed by atoms with Gasteiger partial charge in [-0.05, 0) is 56.9 Å². The molecule has 0 aliphatic rings. The van der Waals surface area contributed by atoms with Gasteiger partial charge in [0.25, 0.3) is 6.43 Å². The molecule has 1 aromatic carbocycles. The van der Waals surface area contributed by atoms with Gasteiger partial charge in [0.2, 0.25) is 0 Å². The molecule has 0 N–H and O–H groups in total. The van der Waals surface area contributed by atoms with E-state index in [9.17, 15) is 13.3 Å². The van der Waals surface area contributed by atoms with Gasteiger partial charge in [0.1, 0.15) is 25.2 Å². The van der Waals surface area contributed by atoms with Crippen molar-refractivity contribution >= 4 is 12.4 Å². The van der Waals surface area contributed by atoms with Crippen molar-refractivity contribution in [2.24, 2.45) is 0 Å². The third kappa shape index (κ3) is 4.30. The molecule has 0 bridgehead atoms. The molecule has 0 radical (unpaired) electrons. The fraction of sp³-hybridized carbons (Fsp3) is 0.500. The Balaban J connectivity index is 2.60. The molecule has 2 rings (SSSR count). The van der Waals surface area contributed by atoms with E-state index in [1.165, 1.54) is 0 Å². The van der Waals surface area contributed by atoms with Gasteiger partial charge in [-0.15, -0.1) is 0 Å². The molecule has 0 fully saturated rings. The summed E-state index contributed by atoms with van der Waals surface area (Å²) in [5, 5.41) is 5.15. The maximum atomic E-state index is 12.6. The lowest BCUT2D eigenvalue weighted by Gasteiger charge is -2.16. The molecule has 0 atom stereocenters. The van der Waals surface area contributed by atoms with Gasteiger partial charge in [-0.25, -0.2) is 13.5 Å². The van der Waals surface area contributed by atoms with Gasteiger partial charge < -0.3 is 9.30 Å². The van der Waals surface area contributed by atoms with Crippen LogP contribution in [0.2, 0.25) is 0 Å². The molecule has 4 nitrogen and oxygen atoms in total. The number of rotatable bonds is 6. The molecule has 1 aromatic heterocycles. The van der Waals surface area contributed by atoms with Crippen molar-refractivity contribution in [3.05, 3.63) is 35.2 Å². The van der Waals surface area contributed by atoms with Crippen LogP contribution in [0.15, 0.2) is 18.2 Å². The first-order chi connectivity index (χ1) is 11.5. The van der Waals surface area contributed by atoms with E-state index in [2.05, 4.69) is 18.9 Å². The predicted octanol–water partition coefficient (Wildman–Crippen LogP) is 4.50. The maximum absolute atomic E-state index is 12.6. The first-order valence-corrected chi connectivity index (χ1v) is 10.8. The van der Waals surface area contributed by atoms with Crippen LogP contribution in [0.5, 0.6) is 5.75 Å². The standard InChI is InChI=1S/C18H25F2N2O2P/c1-11(2)18-12(3)21-22(13(18)4)15-8-7-14(25(5,6)23)9-16(15)24-10-17(19)20/h7-9,11,17H,10H2,1-6H3. The van der Waals surface area contributed by atoms with Gasteiger partial charge in [-0.3, -0.25) is 0 Å². The third-order valence-corrected chi connectivity index (χ3v) is 5.60. The number of halogens is 2. The average molecular weight is 370 g/mol. The monoisotopic (exact) mass is 370 g/mol. The lowest BCUT2D eigenvalue weighted by atomic mass is 10.0. The fourth-order valence-electron chi connectivity index (χ4n) is 3.01. The Morgan fingerprint density at radius 1 is 1.24 bits per heavy atom. The Kier molecular flexibility index (Phi) is 5.72. The maximum Gasteiger partial charge on any atom is 0.272 e. The second-order valence-electron chi connectivity index (χ2n) is 6.86. The summed E-state index contributed by atoms with van der Waals surface area (Å²) >= 11 is 0. The number of hydrogen-bond acceptors (Lipinski definition) is 3. The van der Waals surface area contributed by atoms with E-state index in [0.29, 0.717) is 16.9 Å². The smallest absolute Gasteiger partial charge is 0.272 e. The highest BCUT2D eigenvalue weighted by molar-refractivity contribution is 7.70. The quantitative estimate of drug-likeness (QED) is 0.703. The van der Waals surface area contributed by atoms with Crippen molar-refractivity contribution in [1.29, 1.82) is 0 Å². The highest BCUT2D eigenvalue weighted by Crippen LogP contribution is 2.37. The molecule has 0 unspecified atom stereocenters. The van der Waals surface area contributed by atoms with E-state index in [0.717, 1.165) is 17.0 Å². The van der Waals surface area contributed by atoms with E-state index in [4.69, 9.17) is 4.74 Å². The number of aromatic nitrogens is 2. The molecular weight excluding hydrogens is 345 g/mol. The number of nitrogens with zero attached hydrogens (tertiary/aromatic N) is 2. The van der Waals surface area contributed by atoms with Gasteiger partial charge >= 0.3 is 0 Å². The zero-order valence-corrected chi connectivity index (χ0v) is 16.4. The molecular formula is C18H25F2N2O2P. The molecule has 138 valence electrons. The topological polar surface area (TPSA) is 44.1 Å². The number of alkyl halides is 2. The summed E-state index contributed by atoms with van der Waals surface area (Å²) in [4.78, 5) is 0. The average Bonchev–Trinajstić information content (AvgIpc) is 2.78. The highest BCUT2D eigenvalue weighted by atomic mass is 31.2. The minimum absolute atomic E-state index is 0.266. The van der Waals surface area contributed by atoms with Crippen LogP contribution in [0.1, 0.15) is 36.7 Å². The molecule has 0 amide bonds. The SMILES string of the molecule is Cc1nn(-c2ccc(P(C)(C)=O)cc2OCC(F)F)c(C)c1C(C)C. The number of ether oxygens (including phenoxy) is 1. The summed E-state index contributed by atoms with van der Waals surface area (Å²) < 4.78 is 44.7. The molecule has 0 aliphatic heterocycles. The Bertz CT molecular complexity index is 810. The molecule has 2 aromatic rings. The zero-order valence-electron chi connectivity index (χ0n) is 15.5. The molecule has 0 aliphatic carbocycles. The van der Waals surface area contributed by atoms with Crippen LogP contribution in [0.3, 0.4) is 0 Å². The summed E-state index contributed by atoms with van der Waals surface area (Å²) in [5.41, 5.74) is 3.54. The second-order valence-corrected chi connectivity index (χ2v) is 10.1. The van der Waals surface area contributed by atoms with Crippen LogP contribution in [-0.4, -0.2) is 36.1 Å². The van der Waals surface area contributed by atoms with Gasteiger partial charge in [-0.2, -0.15) is 5.10 Å². The number of hydrogen-bond donors (Lipinski definition) is 0. The molecule has 0 saturated carbocycles. The lowest BCUT2D eigenvalue weighted by molar-refractivity contribution is 0.0818. The van der Waals surface area contributed by atoms with Crippen LogP contribution < -0.4 is 10.0 Å². The minimum atomic E-state index is -2.58. The van der Waals surface area contributed by atoms with Crippen LogP contribution in [0.4, 0.5) is 8.78 Å². The second kappa shape index (κ2) is 7.28. The van der Waals surface area contributed by atoms with Crippen molar-refractivity contribution in [2.75, 3.05) is 19.9 Å². The summed E-state index contributed by atoms with van der Waals surface area (Å²) in [7, 11) is -2.53. The van der Waals surface area contributed by atoms with Crippen molar-refractivity contribution in [3.8, 4) is 11.4 Å². The van der Waals surface area contributed by atoms with Crippen molar-refractivity contribution in [3.63, 3.8) is 0 Å². The first kappa shape index (κ1) is 19.6. The highest BCUT2D eigenvalue weighted by Gasteiger charge is 2.21. The Labute approximate surface area is 147 Å². The summed E-state index contributed by atoms with van der Waals surface area (Å²) in [6.45, 7) is 10.6. The fourth-order valence-corrected chi connectivity index (χ4v) is 3.87. The predicted molar refractivity (Wildman–Crippen MR) is 97.7 cm³/mol. The summed E-state index contributed by atoms with van der Waals surface area (Å²) in [5.74, 6) is 0.563. The van der Waals surface area contributed by atoms with E-state index in [1.54, 1.807) is 36.2 Å². The van der Waals surface area contributed by atoms with E-state index in [-0.39, 0.29) is 5.75 Å². The number of benzene rings is 1. The minimum Gasteiger partial charge on any atom is -0.485 e. The van der Waals surface area contributed by atoms with Crippen molar-refractivity contribution < 1.29 is 18.1 Å². The van der Waals surface area contributed by atoms with Gasteiger partial charge in [0, 0.05) is 11.0 Å². The molecule has 0 spiro atoms. The van der Waals surface area contributed by atoms with E-state index in [1.807, 2.05) is 13.8 Å². The van der Waals surface area contributed by atoms with Gasteiger partial charge in [-0.1, -0.05) is 13.8 Å². The summed E-state index contributed by atoms with van der Waals surface area (Å²) in [6.07, 6.45) is -2.58. The Morgan fingerprint density at radius 3 is 2.36 bits per heavy atom. The van der Waals surface area contributed by atoms with Gasteiger partial charge in [0.05, 0.1) is 5.69 Å². The molecule has 25 heavy (non-hydrogen) atoms. The van der Waals surface area contributed by atoms with Crippen molar-refractivity contribution in [2.45, 2.75) is 40.0 Å². The van der Waals surface area contributed by atoms with Crippen LogP contribution in [0.25, 0.3) is 5.69 Å². The van der Waals surface area contributed by atoms with Crippen LogP contribution in [-0.2, 0) is 4.57 Å². The number of aryl methyl sites for hydroxylation is 1. The van der Waals surface area contributed by atoms with Crippen LogP contribution in [0, 0.1) is 13.8 Å². The molecule has 1 heterocycles. The Morgan fingerprint density at radius 2 is 1.88 bits per heavy atom. The van der Waals surface area contributed by atoms with Crippen molar-refractivity contribution in [1.82, 2.24) is 9.78 Å². The van der Waals surface area contributed by atoms with E-state index >= 15 is 0 Å². The summed E-state index contributed by atoms with van der Waals surface area (Å²) in [6, 6.07) is 5.07. The van der Waals surface area contributed by atoms with E-state index < -0.39 is 20.2 Å². The lowest BCUT2D eigenvalue weighted by Crippen LogP contribution is -2.13. The van der Waals surface area contributed by atoms with Crippen LogP contribution >= 0.6 is 7.14 Å². The third-order valence-electron chi connectivity index (χ3n) is 4.08. The largest absolute Gasteiger partial charge is 0.485 e. The molecule has 7 heteroatoms. The Hall–Kier alpha value is -1.68. The van der Waals surface area contributed by atoms with Gasteiger partial charge in [0.15, 0.2) is 0 Å². The molecule has 0 saturated heterocycles. The zero-order chi connectivity index (χ0) is 18.9.